The SMILES string of the molecule is CNNc1ccc(C(=O)N2CCOC(C)C2)c(F)c1. The van der Waals surface area contributed by atoms with Crippen molar-refractivity contribution in [1.82, 2.24) is 10.3 Å². The summed E-state index contributed by atoms with van der Waals surface area (Å²) in [5, 5.41) is 0. The fourth-order valence-electron chi connectivity index (χ4n) is 2.08. The molecule has 0 aliphatic carbocycles. The molecule has 104 valence electrons. The van der Waals surface area contributed by atoms with Crippen LogP contribution in [0.1, 0.15) is 17.3 Å². The third-order valence-electron chi connectivity index (χ3n) is 3.00. The van der Waals surface area contributed by atoms with Crippen molar-refractivity contribution in [2.45, 2.75) is 13.0 Å². The Morgan fingerprint density at radius 3 is 2.95 bits per heavy atom. The van der Waals surface area contributed by atoms with Crippen molar-refractivity contribution in [3.63, 3.8) is 0 Å². The molecular weight excluding hydrogens is 249 g/mol. The highest BCUT2D eigenvalue weighted by Gasteiger charge is 2.24. The smallest absolute Gasteiger partial charge is 0.256 e. The molecule has 1 aliphatic rings. The first-order chi connectivity index (χ1) is 9.11. The quantitative estimate of drug-likeness (QED) is 0.809. The van der Waals surface area contributed by atoms with Crippen molar-refractivity contribution in [3.8, 4) is 0 Å². The van der Waals surface area contributed by atoms with E-state index in [9.17, 15) is 9.18 Å². The number of nitrogens with one attached hydrogen (secondary N) is 2. The molecule has 0 bridgehead atoms. The van der Waals surface area contributed by atoms with Crippen LogP contribution in [0.5, 0.6) is 0 Å². The predicted molar refractivity (Wildman–Crippen MR) is 70.4 cm³/mol. The molecule has 1 aromatic carbocycles. The summed E-state index contributed by atoms with van der Waals surface area (Å²) in [6.07, 6.45) is -0.00834. The summed E-state index contributed by atoms with van der Waals surface area (Å²) < 4.78 is 19.3. The van der Waals surface area contributed by atoms with Gasteiger partial charge in [0.2, 0.25) is 0 Å². The first kappa shape index (κ1) is 13.8. The van der Waals surface area contributed by atoms with Gasteiger partial charge in [-0.3, -0.25) is 4.79 Å². The summed E-state index contributed by atoms with van der Waals surface area (Å²) >= 11 is 0. The summed E-state index contributed by atoms with van der Waals surface area (Å²) in [4.78, 5) is 13.9. The number of hydrazine groups is 1. The van der Waals surface area contributed by atoms with Crippen LogP contribution in [-0.4, -0.2) is 43.7 Å². The van der Waals surface area contributed by atoms with Gasteiger partial charge in [-0.15, -0.1) is 0 Å². The number of ether oxygens (including phenoxy) is 1. The molecule has 1 saturated heterocycles. The number of hydrogen-bond acceptors (Lipinski definition) is 4. The minimum atomic E-state index is -0.524. The van der Waals surface area contributed by atoms with Gasteiger partial charge >= 0.3 is 0 Å². The van der Waals surface area contributed by atoms with Crippen LogP contribution in [0.25, 0.3) is 0 Å². The van der Waals surface area contributed by atoms with Gasteiger partial charge in [-0.25, -0.2) is 9.82 Å². The number of benzene rings is 1. The summed E-state index contributed by atoms with van der Waals surface area (Å²) in [5.41, 5.74) is 6.14. The van der Waals surface area contributed by atoms with Gasteiger partial charge in [-0.05, 0) is 25.1 Å². The molecule has 1 atom stereocenters. The predicted octanol–water partition coefficient (Wildman–Crippen LogP) is 1.23. The Morgan fingerprint density at radius 1 is 1.53 bits per heavy atom. The van der Waals surface area contributed by atoms with Crippen LogP contribution in [0.3, 0.4) is 0 Å². The average Bonchev–Trinajstić information content (AvgIpc) is 2.38. The zero-order valence-electron chi connectivity index (χ0n) is 11.1. The molecule has 1 unspecified atom stereocenters. The number of amides is 1. The molecule has 1 amide bonds. The van der Waals surface area contributed by atoms with Gasteiger partial charge < -0.3 is 15.1 Å². The number of hydrogen-bond donors (Lipinski definition) is 2. The van der Waals surface area contributed by atoms with Gasteiger partial charge in [-0.2, -0.15) is 0 Å². The van der Waals surface area contributed by atoms with E-state index in [1.165, 1.54) is 12.1 Å². The second kappa shape index (κ2) is 5.99. The number of carbonyl (C=O) groups is 1. The maximum absolute atomic E-state index is 13.9. The minimum absolute atomic E-state index is 0.00834. The van der Waals surface area contributed by atoms with E-state index in [1.807, 2.05) is 6.92 Å². The van der Waals surface area contributed by atoms with Crippen LogP contribution in [0.15, 0.2) is 18.2 Å². The largest absolute Gasteiger partial charge is 0.375 e. The van der Waals surface area contributed by atoms with E-state index in [0.717, 1.165) is 0 Å². The van der Waals surface area contributed by atoms with Gasteiger partial charge in [0.15, 0.2) is 0 Å². The lowest BCUT2D eigenvalue weighted by Gasteiger charge is -2.31. The zero-order chi connectivity index (χ0) is 13.8. The van der Waals surface area contributed by atoms with Gasteiger partial charge in [0.25, 0.3) is 5.91 Å². The molecule has 19 heavy (non-hydrogen) atoms. The van der Waals surface area contributed by atoms with E-state index in [0.29, 0.717) is 25.4 Å². The van der Waals surface area contributed by atoms with Crippen LogP contribution >= 0.6 is 0 Å². The average molecular weight is 267 g/mol. The monoisotopic (exact) mass is 267 g/mol. The number of morpholine rings is 1. The Morgan fingerprint density at radius 2 is 2.32 bits per heavy atom. The highest BCUT2D eigenvalue weighted by molar-refractivity contribution is 5.95. The number of anilines is 1. The molecule has 1 aromatic rings. The summed E-state index contributed by atoms with van der Waals surface area (Å²) in [6.45, 7) is 3.39. The highest BCUT2D eigenvalue weighted by Crippen LogP contribution is 2.17. The second-order valence-electron chi connectivity index (χ2n) is 4.50. The maximum Gasteiger partial charge on any atom is 0.256 e. The van der Waals surface area contributed by atoms with E-state index in [2.05, 4.69) is 10.9 Å². The zero-order valence-corrected chi connectivity index (χ0v) is 11.1. The Labute approximate surface area is 111 Å². The normalized spacial score (nSPS) is 19.3. The van der Waals surface area contributed by atoms with Crippen LogP contribution in [0.4, 0.5) is 10.1 Å². The molecule has 0 radical (unpaired) electrons. The Bertz CT molecular complexity index is 467. The van der Waals surface area contributed by atoms with E-state index in [-0.39, 0.29) is 17.6 Å². The molecule has 1 fully saturated rings. The maximum atomic E-state index is 13.9. The first-order valence-corrected chi connectivity index (χ1v) is 6.25. The molecule has 2 rings (SSSR count). The van der Waals surface area contributed by atoms with Gasteiger partial charge in [-0.1, -0.05) is 0 Å². The molecular formula is C13H18FN3O2. The van der Waals surface area contributed by atoms with Gasteiger partial charge in [0.1, 0.15) is 5.82 Å². The standard InChI is InChI=1S/C13H18FN3O2/c1-9-8-17(5-6-19-9)13(18)11-4-3-10(16-15-2)7-12(11)14/h3-4,7,9,15-16H,5-6,8H2,1-2H3. The number of nitrogens with zero attached hydrogens (tertiary/aromatic N) is 1. The van der Waals surface area contributed by atoms with Crippen LogP contribution < -0.4 is 10.9 Å². The Hall–Kier alpha value is -1.66. The molecule has 2 N–H and O–H groups in total. The third-order valence-corrected chi connectivity index (χ3v) is 3.00. The van der Waals surface area contributed by atoms with E-state index < -0.39 is 5.82 Å². The van der Waals surface area contributed by atoms with Crippen molar-refractivity contribution >= 4 is 11.6 Å². The lowest BCUT2D eigenvalue weighted by molar-refractivity contribution is -0.0125. The van der Waals surface area contributed by atoms with Crippen molar-refractivity contribution in [1.29, 1.82) is 0 Å². The number of halogens is 1. The number of rotatable bonds is 3. The summed E-state index contributed by atoms with van der Waals surface area (Å²) in [5.74, 6) is -0.812. The summed E-state index contributed by atoms with van der Waals surface area (Å²) in [6, 6.07) is 4.46. The number of carbonyl (C=O) groups excluding carboxylic acids is 1. The molecule has 1 heterocycles. The summed E-state index contributed by atoms with van der Waals surface area (Å²) in [7, 11) is 1.69. The van der Waals surface area contributed by atoms with Crippen molar-refractivity contribution < 1.29 is 13.9 Å². The Kier molecular flexibility index (Phi) is 4.34. The first-order valence-electron chi connectivity index (χ1n) is 6.25. The van der Waals surface area contributed by atoms with Crippen LogP contribution in [-0.2, 0) is 4.74 Å². The third kappa shape index (κ3) is 3.21. The minimum Gasteiger partial charge on any atom is -0.375 e. The lowest BCUT2D eigenvalue weighted by atomic mass is 10.1. The molecule has 0 spiro atoms. The van der Waals surface area contributed by atoms with Gasteiger partial charge in [0.05, 0.1) is 24.0 Å². The molecule has 0 aromatic heterocycles. The lowest BCUT2D eigenvalue weighted by Crippen LogP contribution is -2.44. The van der Waals surface area contributed by atoms with E-state index >= 15 is 0 Å². The van der Waals surface area contributed by atoms with Crippen LogP contribution in [0.2, 0.25) is 0 Å². The molecule has 1 aliphatic heterocycles. The molecule has 6 heteroatoms. The van der Waals surface area contributed by atoms with Gasteiger partial charge in [0, 0.05) is 20.1 Å². The molecule has 0 saturated carbocycles. The second-order valence-corrected chi connectivity index (χ2v) is 4.50. The fraction of sp³-hybridized carbons (Fsp3) is 0.462. The van der Waals surface area contributed by atoms with Crippen molar-refractivity contribution in [2.75, 3.05) is 32.2 Å². The van der Waals surface area contributed by atoms with Crippen molar-refractivity contribution in [3.05, 3.63) is 29.6 Å². The Balaban J connectivity index is 2.14. The van der Waals surface area contributed by atoms with Crippen molar-refractivity contribution in [2.24, 2.45) is 0 Å². The van der Waals surface area contributed by atoms with E-state index in [1.54, 1.807) is 18.0 Å². The topological polar surface area (TPSA) is 53.6 Å². The van der Waals surface area contributed by atoms with Crippen LogP contribution in [0, 0.1) is 5.82 Å². The highest BCUT2D eigenvalue weighted by atomic mass is 19.1. The fourth-order valence-corrected chi connectivity index (χ4v) is 2.08. The molecule has 5 nitrogen and oxygen atoms in total. The van der Waals surface area contributed by atoms with E-state index in [4.69, 9.17) is 4.74 Å².